The molecule has 2 N–H and O–H groups in total. The largest absolute Gasteiger partial charge is 0.476 e. The average molecular weight is 351 g/mol. The second kappa shape index (κ2) is 6.41. The number of nitrogens with zero attached hydrogens (tertiary/aromatic N) is 2. The third-order valence-corrected chi connectivity index (χ3v) is 4.06. The van der Waals surface area contributed by atoms with Crippen LogP contribution in [0.2, 0.25) is 15.2 Å². The van der Waals surface area contributed by atoms with E-state index < -0.39 is 11.7 Å². The number of aromatic carboxylic acids is 1. The molecule has 2 rings (SSSR count). The van der Waals surface area contributed by atoms with E-state index in [1.807, 2.05) is 17.5 Å². The smallest absolute Gasteiger partial charge is 0.356 e. The second-order valence-corrected chi connectivity index (χ2v) is 5.54. The maximum absolute atomic E-state index is 11.0. The lowest BCUT2D eigenvalue weighted by atomic mass is 10.3. The van der Waals surface area contributed by atoms with Crippen molar-refractivity contribution in [1.29, 1.82) is 0 Å². The number of nitrogens with one attached hydrogen (secondary N) is 1. The zero-order valence-electron chi connectivity index (χ0n) is 9.60. The number of rotatable bonds is 4. The third kappa shape index (κ3) is 3.21. The predicted octanol–water partition coefficient (Wildman–Crippen LogP) is 4.25. The number of pyridine rings is 1. The number of halogens is 3. The van der Waals surface area contributed by atoms with Gasteiger partial charge in [0.05, 0.1) is 11.9 Å². The van der Waals surface area contributed by atoms with Crippen molar-refractivity contribution < 1.29 is 9.90 Å². The number of hydrogen-bond donors (Lipinski definition) is 2. The van der Waals surface area contributed by atoms with Gasteiger partial charge in [-0.25, -0.2) is 9.78 Å². The van der Waals surface area contributed by atoms with Crippen molar-refractivity contribution in [2.24, 2.45) is 5.10 Å². The summed E-state index contributed by atoms with van der Waals surface area (Å²) in [4.78, 5) is 15.5. The van der Waals surface area contributed by atoms with Crippen LogP contribution >= 0.6 is 46.1 Å². The topological polar surface area (TPSA) is 74.6 Å². The minimum Gasteiger partial charge on any atom is -0.476 e. The first-order valence-electron chi connectivity index (χ1n) is 5.11. The quantitative estimate of drug-likeness (QED) is 0.491. The Bertz CT molecular complexity index is 674. The van der Waals surface area contributed by atoms with Crippen LogP contribution in [0.15, 0.2) is 22.6 Å². The molecule has 0 fully saturated rings. The van der Waals surface area contributed by atoms with Gasteiger partial charge in [0, 0.05) is 4.88 Å². The fourth-order valence-corrected chi connectivity index (χ4v) is 2.53. The fraction of sp³-hybridized carbons (Fsp3) is 0. The minimum atomic E-state index is -1.31. The molecule has 2 heterocycles. The zero-order valence-corrected chi connectivity index (χ0v) is 12.7. The second-order valence-electron chi connectivity index (χ2n) is 3.44. The lowest BCUT2D eigenvalue weighted by Gasteiger charge is -2.09. The first-order chi connectivity index (χ1) is 9.50. The highest BCUT2D eigenvalue weighted by Gasteiger charge is 2.20. The molecule has 0 spiro atoms. The molecule has 2 aromatic rings. The predicted molar refractivity (Wildman–Crippen MR) is 81.8 cm³/mol. The van der Waals surface area contributed by atoms with Crippen LogP contribution in [0.1, 0.15) is 15.4 Å². The van der Waals surface area contributed by atoms with E-state index in [9.17, 15) is 4.79 Å². The van der Waals surface area contributed by atoms with Crippen molar-refractivity contribution in [2.75, 3.05) is 5.43 Å². The molecular weight excluding hydrogens is 345 g/mol. The Morgan fingerprint density at radius 2 is 2.15 bits per heavy atom. The van der Waals surface area contributed by atoms with Crippen LogP contribution in [-0.2, 0) is 0 Å². The van der Waals surface area contributed by atoms with Crippen LogP contribution in [-0.4, -0.2) is 22.3 Å². The summed E-state index contributed by atoms with van der Waals surface area (Å²) in [5.74, 6) is -1.31. The third-order valence-electron chi connectivity index (χ3n) is 2.15. The highest BCUT2D eigenvalue weighted by molar-refractivity contribution is 7.11. The van der Waals surface area contributed by atoms with Crippen molar-refractivity contribution in [3.8, 4) is 0 Å². The van der Waals surface area contributed by atoms with E-state index in [1.165, 1.54) is 11.3 Å². The van der Waals surface area contributed by atoms with Gasteiger partial charge in [-0.15, -0.1) is 11.3 Å². The molecule has 2 aromatic heterocycles. The molecule has 104 valence electrons. The van der Waals surface area contributed by atoms with Crippen molar-refractivity contribution in [1.82, 2.24) is 4.98 Å². The van der Waals surface area contributed by atoms with Crippen LogP contribution in [0.3, 0.4) is 0 Å². The van der Waals surface area contributed by atoms with Crippen LogP contribution in [0.25, 0.3) is 0 Å². The summed E-state index contributed by atoms with van der Waals surface area (Å²) in [6.07, 6.45) is 1.55. The van der Waals surface area contributed by atoms with Crippen molar-refractivity contribution >= 4 is 64.0 Å². The molecule has 0 aliphatic heterocycles. The summed E-state index contributed by atoms with van der Waals surface area (Å²) < 4.78 is 0. The maximum Gasteiger partial charge on any atom is 0.356 e. The standard InChI is InChI=1S/C11H6Cl3N3O2S/c12-6-8(17-15-4-5-2-1-3-20-5)7(13)10(14)16-9(6)11(18)19/h1-4H,(H,16,17)(H,18,19)/b15-4-. The van der Waals surface area contributed by atoms with E-state index in [4.69, 9.17) is 39.9 Å². The van der Waals surface area contributed by atoms with Gasteiger partial charge in [-0.2, -0.15) is 5.10 Å². The van der Waals surface area contributed by atoms with Gasteiger partial charge in [0.15, 0.2) is 10.8 Å². The van der Waals surface area contributed by atoms with Gasteiger partial charge in [-0.1, -0.05) is 40.9 Å². The van der Waals surface area contributed by atoms with Crippen LogP contribution in [0.5, 0.6) is 0 Å². The summed E-state index contributed by atoms with van der Waals surface area (Å²) in [5, 5.41) is 14.5. The summed E-state index contributed by atoms with van der Waals surface area (Å²) in [6.45, 7) is 0. The van der Waals surface area contributed by atoms with Crippen molar-refractivity contribution in [2.45, 2.75) is 0 Å². The van der Waals surface area contributed by atoms with Crippen molar-refractivity contribution in [3.05, 3.63) is 43.3 Å². The number of carboxylic acid groups (broad SMARTS) is 1. The van der Waals surface area contributed by atoms with Gasteiger partial charge in [0.2, 0.25) is 0 Å². The number of carbonyl (C=O) groups is 1. The molecule has 0 aliphatic rings. The van der Waals surface area contributed by atoms with E-state index >= 15 is 0 Å². The number of aromatic nitrogens is 1. The van der Waals surface area contributed by atoms with E-state index in [1.54, 1.807) is 6.21 Å². The fourth-order valence-electron chi connectivity index (χ4n) is 1.28. The Hall–Kier alpha value is -1.34. The SMILES string of the molecule is O=C(O)c1nc(Cl)c(Cl)c(N/N=C\c2cccs2)c1Cl. The van der Waals surface area contributed by atoms with Gasteiger partial charge in [-0.05, 0) is 11.4 Å². The Morgan fingerprint density at radius 3 is 2.75 bits per heavy atom. The van der Waals surface area contributed by atoms with Crippen molar-refractivity contribution in [3.63, 3.8) is 0 Å². The molecule has 0 amide bonds. The summed E-state index contributed by atoms with van der Waals surface area (Å²) >= 11 is 19.1. The Balaban J connectivity index is 2.33. The molecule has 20 heavy (non-hydrogen) atoms. The van der Waals surface area contributed by atoms with Crippen LogP contribution < -0.4 is 5.43 Å². The number of carboxylic acids is 1. The molecule has 0 atom stereocenters. The summed E-state index contributed by atoms with van der Waals surface area (Å²) in [6, 6.07) is 3.74. The van der Waals surface area contributed by atoms with Gasteiger partial charge in [0.1, 0.15) is 10.0 Å². The van der Waals surface area contributed by atoms with E-state index in [0.717, 1.165) is 4.88 Å². The number of hydrogen-bond acceptors (Lipinski definition) is 5. The first-order valence-corrected chi connectivity index (χ1v) is 7.12. The first kappa shape index (κ1) is 15.1. The van der Waals surface area contributed by atoms with Crippen LogP contribution in [0, 0.1) is 0 Å². The van der Waals surface area contributed by atoms with Gasteiger partial charge < -0.3 is 5.11 Å². The average Bonchev–Trinajstić information content (AvgIpc) is 2.90. The molecule has 0 saturated carbocycles. The molecule has 0 bridgehead atoms. The van der Waals surface area contributed by atoms with E-state index in [-0.39, 0.29) is 20.9 Å². The molecule has 0 saturated heterocycles. The molecule has 0 radical (unpaired) electrons. The zero-order chi connectivity index (χ0) is 14.7. The summed E-state index contributed by atoms with van der Waals surface area (Å²) in [5.41, 5.74) is 2.28. The molecule has 0 aliphatic carbocycles. The molecule has 9 heteroatoms. The molecular formula is C11H6Cl3N3O2S. The number of hydrazone groups is 1. The van der Waals surface area contributed by atoms with Crippen LogP contribution in [0.4, 0.5) is 5.69 Å². The maximum atomic E-state index is 11.0. The highest BCUT2D eigenvalue weighted by Crippen LogP contribution is 2.36. The molecule has 0 aromatic carbocycles. The monoisotopic (exact) mass is 349 g/mol. The lowest BCUT2D eigenvalue weighted by molar-refractivity contribution is 0.0691. The normalized spacial score (nSPS) is 10.9. The van der Waals surface area contributed by atoms with E-state index in [0.29, 0.717) is 0 Å². The Labute approximate surface area is 132 Å². The molecule has 0 unspecified atom stereocenters. The lowest BCUT2D eigenvalue weighted by Crippen LogP contribution is -2.05. The number of thiophene rings is 1. The van der Waals surface area contributed by atoms with Gasteiger partial charge in [-0.3, -0.25) is 5.43 Å². The highest BCUT2D eigenvalue weighted by atomic mass is 35.5. The Kier molecular flexibility index (Phi) is 4.82. The van der Waals surface area contributed by atoms with Gasteiger partial charge in [0.25, 0.3) is 0 Å². The molecule has 5 nitrogen and oxygen atoms in total. The minimum absolute atomic E-state index is 0.00463. The number of anilines is 1. The van der Waals surface area contributed by atoms with Gasteiger partial charge >= 0.3 is 5.97 Å². The Morgan fingerprint density at radius 1 is 1.40 bits per heavy atom. The summed E-state index contributed by atoms with van der Waals surface area (Å²) in [7, 11) is 0. The van der Waals surface area contributed by atoms with E-state index in [2.05, 4.69) is 15.5 Å².